The number of rotatable bonds is 11. The van der Waals surface area contributed by atoms with Crippen LogP contribution >= 0.6 is 0 Å². The van der Waals surface area contributed by atoms with Gasteiger partial charge in [0.15, 0.2) is 8.32 Å². The first kappa shape index (κ1) is 21.7. The van der Waals surface area contributed by atoms with Crippen LogP contribution in [0.2, 0.25) is 18.1 Å². The van der Waals surface area contributed by atoms with Crippen molar-refractivity contribution in [2.45, 2.75) is 64.7 Å². The highest BCUT2D eigenvalue weighted by molar-refractivity contribution is 6.74. The molecule has 1 aromatic carbocycles. The van der Waals surface area contributed by atoms with Gasteiger partial charge in [-0.05, 0) is 55.0 Å². The highest BCUT2D eigenvalue weighted by Gasteiger charge is 2.36. The lowest BCUT2D eigenvalue weighted by molar-refractivity contribution is 0.251. The molecule has 0 unspecified atom stereocenters. The lowest BCUT2D eigenvalue weighted by Crippen LogP contribution is -2.40. The maximum Gasteiger partial charge on any atom is 0.191 e. The molecule has 0 spiro atoms. The Morgan fingerprint density at radius 2 is 1.80 bits per heavy atom. The Hall–Kier alpha value is -1.33. The summed E-state index contributed by atoms with van der Waals surface area (Å²) in [7, 11) is -1.62. The van der Waals surface area contributed by atoms with E-state index in [1.165, 1.54) is 5.56 Å². The van der Waals surface area contributed by atoms with Gasteiger partial charge in [0, 0.05) is 18.1 Å². The van der Waals surface area contributed by atoms with Crippen molar-refractivity contribution in [1.82, 2.24) is 4.90 Å². The third-order valence-corrected chi connectivity index (χ3v) is 9.50. The number of nitrogens with zero attached hydrogens (tertiary/aromatic N) is 4. The van der Waals surface area contributed by atoms with E-state index in [-0.39, 0.29) is 5.04 Å². The average Bonchev–Trinajstić information content (AvgIpc) is 2.55. The van der Waals surface area contributed by atoms with Crippen LogP contribution in [0.4, 0.5) is 0 Å². The molecule has 0 radical (unpaired) electrons. The van der Waals surface area contributed by atoms with Gasteiger partial charge < -0.3 is 4.43 Å². The van der Waals surface area contributed by atoms with E-state index in [1.54, 1.807) is 0 Å². The highest BCUT2D eigenvalue weighted by Crippen LogP contribution is 2.36. The summed E-state index contributed by atoms with van der Waals surface area (Å²) < 4.78 is 6.22. The normalized spacial score (nSPS) is 12.2. The maximum atomic E-state index is 8.58. The van der Waals surface area contributed by atoms with Gasteiger partial charge in [-0.2, -0.15) is 0 Å². The van der Waals surface area contributed by atoms with E-state index in [4.69, 9.17) is 9.96 Å². The van der Waals surface area contributed by atoms with Crippen molar-refractivity contribution in [3.05, 3.63) is 46.3 Å². The minimum absolute atomic E-state index is 0.273. The topological polar surface area (TPSA) is 61.2 Å². The Balaban J connectivity index is 2.31. The van der Waals surface area contributed by atoms with Gasteiger partial charge in [0.25, 0.3) is 0 Å². The Bertz CT molecular complexity index is 536. The Morgan fingerprint density at radius 1 is 1.12 bits per heavy atom. The van der Waals surface area contributed by atoms with E-state index >= 15 is 0 Å². The van der Waals surface area contributed by atoms with Crippen LogP contribution in [-0.4, -0.2) is 33.0 Å². The fraction of sp³-hybridized carbons (Fsp3) is 0.684. The molecule has 0 aliphatic carbocycles. The van der Waals surface area contributed by atoms with E-state index in [1.807, 2.05) is 18.2 Å². The van der Waals surface area contributed by atoms with Crippen molar-refractivity contribution in [2.24, 2.45) is 5.11 Å². The van der Waals surface area contributed by atoms with Gasteiger partial charge >= 0.3 is 0 Å². The van der Waals surface area contributed by atoms with Crippen LogP contribution in [0.25, 0.3) is 10.4 Å². The molecule has 0 N–H and O–H groups in total. The van der Waals surface area contributed by atoms with Crippen LogP contribution in [0.1, 0.15) is 45.6 Å². The molecule has 25 heavy (non-hydrogen) atoms. The van der Waals surface area contributed by atoms with Crippen LogP contribution in [0.3, 0.4) is 0 Å². The number of hydrogen-bond donors (Lipinski definition) is 0. The quantitative estimate of drug-likeness (QED) is 0.160. The summed E-state index contributed by atoms with van der Waals surface area (Å²) in [5, 5.41) is 4.00. The Morgan fingerprint density at radius 3 is 2.40 bits per heavy atom. The van der Waals surface area contributed by atoms with Gasteiger partial charge in [-0.25, -0.2) is 0 Å². The fourth-order valence-corrected chi connectivity index (χ4v) is 3.40. The lowest BCUT2D eigenvalue weighted by Gasteiger charge is -2.36. The zero-order valence-electron chi connectivity index (χ0n) is 16.5. The number of unbranched alkanes of at least 4 members (excludes halogenated alkanes) is 2. The molecule has 0 aromatic heterocycles. The van der Waals surface area contributed by atoms with Gasteiger partial charge in [0.1, 0.15) is 0 Å². The van der Waals surface area contributed by atoms with Crippen LogP contribution < -0.4 is 0 Å². The molecule has 0 aliphatic rings. The minimum Gasteiger partial charge on any atom is -0.417 e. The second-order valence-corrected chi connectivity index (χ2v) is 12.9. The smallest absolute Gasteiger partial charge is 0.191 e. The van der Waals surface area contributed by atoms with Gasteiger partial charge in [-0.3, -0.25) is 4.90 Å². The van der Waals surface area contributed by atoms with Crippen LogP contribution in [0, 0.1) is 0 Å². The molecule has 140 valence electrons. The molecule has 0 saturated carbocycles. The highest BCUT2D eigenvalue weighted by atomic mass is 28.4. The number of hydrogen-bond acceptors (Lipinski definition) is 3. The Kier molecular flexibility index (Phi) is 9.21. The largest absolute Gasteiger partial charge is 0.417 e. The molecule has 0 amide bonds. The second kappa shape index (κ2) is 10.6. The molecule has 0 heterocycles. The molecule has 0 aliphatic heterocycles. The van der Waals surface area contributed by atoms with Crippen molar-refractivity contribution in [3.63, 3.8) is 0 Å². The molecule has 1 rings (SSSR count). The molecule has 1 aromatic rings. The monoisotopic (exact) mass is 362 g/mol. The first-order chi connectivity index (χ1) is 11.8. The van der Waals surface area contributed by atoms with Crippen LogP contribution in [0.15, 0.2) is 35.4 Å². The molecule has 5 nitrogen and oxygen atoms in total. The SMILES string of the molecule is CC(C)(C)[Si](C)(C)OCCCCCN(CN=[N+]=[N-])Cc1ccccc1. The molecular weight excluding hydrogens is 328 g/mol. The first-order valence-electron chi connectivity index (χ1n) is 9.17. The molecule has 0 bridgehead atoms. The minimum atomic E-state index is -1.62. The van der Waals surface area contributed by atoms with E-state index in [9.17, 15) is 0 Å². The maximum absolute atomic E-state index is 8.58. The van der Waals surface area contributed by atoms with E-state index in [0.717, 1.165) is 39.0 Å². The number of azide groups is 1. The summed E-state index contributed by atoms with van der Waals surface area (Å²) in [6, 6.07) is 10.3. The van der Waals surface area contributed by atoms with Crippen molar-refractivity contribution < 1.29 is 4.43 Å². The molecule has 6 heteroatoms. The molecule has 0 saturated heterocycles. The van der Waals surface area contributed by atoms with E-state index < -0.39 is 8.32 Å². The molecule has 0 atom stereocenters. The first-order valence-corrected chi connectivity index (χ1v) is 12.1. The summed E-state index contributed by atoms with van der Waals surface area (Å²) in [6.45, 7) is 14.5. The Labute approximate surface area is 154 Å². The predicted octanol–water partition coefficient (Wildman–Crippen LogP) is 5.95. The van der Waals surface area contributed by atoms with Crippen LogP contribution in [-0.2, 0) is 11.0 Å². The summed E-state index contributed by atoms with van der Waals surface area (Å²) in [6.07, 6.45) is 3.32. The van der Waals surface area contributed by atoms with Crippen molar-refractivity contribution in [3.8, 4) is 0 Å². The van der Waals surface area contributed by atoms with Gasteiger partial charge in [-0.1, -0.05) is 56.2 Å². The number of benzene rings is 1. The van der Waals surface area contributed by atoms with Gasteiger partial charge in [-0.15, -0.1) is 0 Å². The lowest BCUT2D eigenvalue weighted by atomic mass is 10.2. The zero-order chi connectivity index (χ0) is 18.8. The van der Waals surface area contributed by atoms with Gasteiger partial charge in [0.2, 0.25) is 0 Å². The van der Waals surface area contributed by atoms with Crippen molar-refractivity contribution >= 4 is 8.32 Å². The summed E-state index contributed by atoms with van der Waals surface area (Å²) in [5.41, 5.74) is 9.83. The van der Waals surface area contributed by atoms with Gasteiger partial charge in [0.05, 0.1) is 6.67 Å². The summed E-state index contributed by atoms with van der Waals surface area (Å²) >= 11 is 0. The standard InChI is InChI=1S/C19H34N4OSi/c1-19(2,3)25(4,5)24-15-11-7-10-14-23(17-21-22-20)16-18-12-8-6-9-13-18/h6,8-9,12-13H,7,10-11,14-17H2,1-5H3. The summed E-state index contributed by atoms with van der Waals surface area (Å²) in [4.78, 5) is 5.09. The van der Waals surface area contributed by atoms with E-state index in [2.05, 4.69) is 60.9 Å². The van der Waals surface area contributed by atoms with Crippen molar-refractivity contribution in [2.75, 3.05) is 19.8 Å². The fourth-order valence-electron chi connectivity index (χ4n) is 2.32. The summed E-state index contributed by atoms with van der Waals surface area (Å²) in [5.74, 6) is 0. The van der Waals surface area contributed by atoms with E-state index in [0.29, 0.717) is 6.67 Å². The molecular formula is C19H34N4OSi. The van der Waals surface area contributed by atoms with Crippen LogP contribution in [0.5, 0.6) is 0 Å². The molecule has 0 fully saturated rings. The zero-order valence-corrected chi connectivity index (χ0v) is 17.5. The predicted molar refractivity (Wildman–Crippen MR) is 108 cm³/mol. The second-order valence-electron chi connectivity index (χ2n) is 8.08. The average molecular weight is 363 g/mol. The van der Waals surface area contributed by atoms with Crippen molar-refractivity contribution in [1.29, 1.82) is 0 Å². The third-order valence-electron chi connectivity index (χ3n) is 4.96. The third kappa shape index (κ3) is 8.54.